The number of carbonyl (C=O) groups excluding carboxylic acids is 1. The minimum Gasteiger partial charge on any atom is -0.497 e. The zero-order chi connectivity index (χ0) is 21.5. The number of nitrogens with one attached hydrogen (secondary N) is 1. The lowest BCUT2D eigenvalue weighted by Crippen LogP contribution is -2.14. The zero-order valence-electron chi connectivity index (χ0n) is 17.2. The van der Waals surface area contributed by atoms with Crippen LogP contribution < -0.4 is 19.5 Å². The van der Waals surface area contributed by atoms with Crippen molar-refractivity contribution in [2.45, 2.75) is 20.5 Å². The third-order valence-corrected chi connectivity index (χ3v) is 4.73. The molecule has 0 aromatic heterocycles. The van der Waals surface area contributed by atoms with Gasteiger partial charge < -0.3 is 19.5 Å². The van der Waals surface area contributed by atoms with Gasteiger partial charge in [-0.3, -0.25) is 4.79 Å². The molecule has 0 aliphatic heterocycles. The Kier molecular flexibility index (Phi) is 7.20. The van der Waals surface area contributed by atoms with Crippen LogP contribution in [0.15, 0.2) is 60.7 Å². The van der Waals surface area contributed by atoms with Crippen LogP contribution in [0.25, 0.3) is 0 Å². The molecule has 0 fully saturated rings. The van der Waals surface area contributed by atoms with Gasteiger partial charge in [0.05, 0.1) is 13.7 Å². The Morgan fingerprint density at radius 2 is 1.80 bits per heavy atom. The summed E-state index contributed by atoms with van der Waals surface area (Å²) in [6.45, 7) is 4.58. The highest BCUT2D eigenvalue weighted by Gasteiger charge is 2.13. The van der Waals surface area contributed by atoms with Gasteiger partial charge >= 0.3 is 0 Å². The summed E-state index contributed by atoms with van der Waals surface area (Å²) in [6, 6.07) is 18.0. The SMILES string of the molecule is CCOc1ccc(C(=O)Nc2ccc(Cl)cc2C)cc1COc1cccc(OC)c1. The molecule has 0 aliphatic carbocycles. The summed E-state index contributed by atoms with van der Waals surface area (Å²) in [7, 11) is 1.61. The molecule has 30 heavy (non-hydrogen) atoms. The quantitative estimate of drug-likeness (QED) is 0.489. The molecule has 3 rings (SSSR count). The van der Waals surface area contributed by atoms with Crippen molar-refractivity contribution >= 4 is 23.2 Å². The van der Waals surface area contributed by atoms with Crippen molar-refractivity contribution in [2.75, 3.05) is 19.0 Å². The lowest BCUT2D eigenvalue weighted by Gasteiger charge is -2.14. The second kappa shape index (κ2) is 10.0. The van der Waals surface area contributed by atoms with Crippen molar-refractivity contribution in [3.8, 4) is 17.2 Å². The fraction of sp³-hybridized carbons (Fsp3) is 0.208. The van der Waals surface area contributed by atoms with Gasteiger partial charge in [0, 0.05) is 27.9 Å². The number of anilines is 1. The molecule has 0 unspecified atom stereocenters. The predicted octanol–water partition coefficient (Wildman–Crippen LogP) is 5.89. The van der Waals surface area contributed by atoms with Gasteiger partial charge in [-0.05, 0) is 67.9 Å². The molecule has 6 heteroatoms. The van der Waals surface area contributed by atoms with E-state index < -0.39 is 0 Å². The van der Waals surface area contributed by atoms with E-state index in [1.54, 1.807) is 43.5 Å². The first-order valence-electron chi connectivity index (χ1n) is 9.60. The minimum absolute atomic E-state index is 0.217. The highest BCUT2D eigenvalue weighted by molar-refractivity contribution is 6.30. The lowest BCUT2D eigenvalue weighted by molar-refractivity contribution is 0.102. The number of halogens is 1. The Morgan fingerprint density at radius 3 is 2.53 bits per heavy atom. The molecule has 0 saturated heterocycles. The van der Waals surface area contributed by atoms with Crippen LogP contribution in [0.2, 0.25) is 5.02 Å². The number of methoxy groups -OCH3 is 1. The van der Waals surface area contributed by atoms with Gasteiger partial charge in [0.15, 0.2) is 0 Å². The average Bonchev–Trinajstić information content (AvgIpc) is 2.75. The monoisotopic (exact) mass is 425 g/mol. The molecular weight excluding hydrogens is 402 g/mol. The van der Waals surface area contributed by atoms with Crippen LogP contribution in [-0.2, 0) is 6.61 Å². The molecule has 0 radical (unpaired) electrons. The van der Waals surface area contributed by atoms with Crippen LogP contribution in [-0.4, -0.2) is 19.6 Å². The molecule has 1 N–H and O–H groups in total. The molecule has 0 saturated carbocycles. The summed E-state index contributed by atoms with van der Waals surface area (Å²) in [5.74, 6) is 1.85. The Morgan fingerprint density at radius 1 is 1.00 bits per heavy atom. The third-order valence-electron chi connectivity index (χ3n) is 4.49. The Hall–Kier alpha value is -3.18. The normalized spacial score (nSPS) is 10.4. The molecule has 0 heterocycles. The van der Waals surface area contributed by atoms with Crippen molar-refractivity contribution in [2.24, 2.45) is 0 Å². The first-order valence-corrected chi connectivity index (χ1v) is 9.98. The molecule has 1 amide bonds. The van der Waals surface area contributed by atoms with Gasteiger partial charge in [-0.2, -0.15) is 0 Å². The van der Waals surface area contributed by atoms with E-state index in [0.29, 0.717) is 40.1 Å². The van der Waals surface area contributed by atoms with Crippen molar-refractivity contribution in [1.29, 1.82) is 0 Å². The number of benzene rings is 3. The van der Waals surface area contributed by atoms with Crippen LogP contribution in [0.5, 0.6) is 17.2 Å². The second-order valence-corrected chi connectivity index (χ2v) is 7.07. The van der Waals surface area contributed by atoms with Crippen LogP contribution in [0.1, 0.15) is 28.4 Å². The van der Waals surface area contributed by atoms with E-state index in [1.807, 2.05) is 38.1 Å². The number of ether oxygens (including phenoxy) is 3. The second-order valence-electron chi connectivity index (χ2n) is 6.64. The highest BCUT2D eigenvalue weighted by atomic mass is 35.5. The smallest absolute Gasteiger partial charge is 0.255 e. The number of hydrogen-bond donors (Lipinski definition) is 1. The fourth-order valence-electron chi connectivity index (χ4n) is 2.94. The van der Waals surface area contributed by atoms with Gasteiger partial charge in [0.2, 0.25) is 0 Å². The van der Waals surface area contributed by atoms with E-state index in [0.717, 1.165) is 11.1 Å². The molecule has 156 valence electrons. The first-order chi connectivity index (χ1) is 14.5. The van der Waals surface area contributed by atoms with Gasteiger partial charge in [-0.15, -0.1) is 0 Å². The summed E-state index contributed by atoms with van der Waals surface area (Å²) in [4.78, 5) is 12.8. The van der Waals surface area contributed by atoms with E-state index in [9.17, 15) is 4.79 Å². The third kappa shape index (κ3) is 5.45. The number of hydrogen-bond acceptors (Lipinski definition) is 4. The molecule has 0 atom stereocenters. The van der Waals surface area contributed by atoms with Crippen LogP contribution >= 0.6 is 11.6 Å². The summed E-state index contributed by atoms with van der Waals surface area (Å²) < 4.78 is 16.8. The van der Waals surface area contributed by atoms with Crippen LogP contribution in [0, 0.1) is 6.92 Å². The van der Waals surface area contributed by atoms with E-state index in [2.05, 4.69) is 5.32 Å². The van der Waals surface area contributed by atoms with E-state index in [1.165, 1.54) is 0 Å². The molecule has 5 nitrogen and oxygen atoms in total. The van der Waals surface area contributed by atoms with Crippen LogP contribution in [0.3, 0.4) is 0 Å². The Bertz CT molecular complexity index is 1040. The number of amides is 1. The van der Waals surface area contributed by atoms with Crippen molar-refractivity contribution < 1.29 is 19.0 Å². The van der Waals surface area contributed by atoms with Crippen molar-refractivity contribution in [1.82, 2.24) is 0 Å². The topological polar surface area (TPSA) is 56.8 Å². The van der Waals surface area contributed by atoms with Gasteiger partial charge in [0.25, 0.3) is 5.91 Å². The highest BCUT2D eigenvalue weighted by Crippen LogP contribution is 2.26. The zero-order valence-corrected chi connectivity index (χ0v) is 18.0. The summed E-state index contributed by atoms with van der Waals surface area (Å²) >= 11 is 5.99. The number of rotatable bonds is 8. The molecule has 0 bridgehead atoms. The largest absolute Gasteiger partial charge is 0.497 e. The Balaban J connectivity index is 1.79. The lowest BCUT2D eigenvalue weighted by atomic mass is 10.1. The summed E-state index contributed by atoms with van der Waals surface area (Å²) in [5.41, 5.74) is 2.90. The molecule has 3 aromatic rings. The Labute approximate surface area is 181 Å². The molecule has 3 aromatic carbocycles. The first kappa shape index (κ1) is 21.5. The van der Waals surface area contributed by atoms with Crippen LogP contribution in [0.4, 0.5) is 5.69 Å². The van der Waals surface area contributed by atoms with Gasteiger partial charge in [-0.25, -0.2) is 0 Å². The maximum Gasteiger partial charge on any atom is 0.255 e. The summed E-state index contributed by atoms with van der Waals surface area (Å²) in [6.07, 6.45) is 0. The minimum atomic E-state index is -0.217. The maximum atomic E-state index is 12.8. The number of aryl methyl sites for hydroxylation is 1. The molecule has 0 spiro atoms. The van der Waals surface area contributed by atoms with E-state index in [4.69, 9.17) is 25.8 Å². The standard InChI is InChI=1S/C24H24ClNO4/c1-4-29-23-11-8-17(24(27)26-22-10-9-19(25)12-16(22)2)13-18(23)15-30-21-7-5-6-20(14-21)28-3/h5-14H,4,15H2,1-3H3,(H,26,27). The van der Waals surface area contributed by atoms with Crippen molar-refractivity contribution in [3.05, 3.63) is 82.4 Å². The predicted molar refractivity (Wildman–Crippen MR) is 119 cm³/mol. The summed E-state index contributed by atoms with van der Waals surface area (Å²) in [5, 5.41) is 3.55. The van der Waals surface area contributed by atoms with Gasteiger partial charge in [0.1, 0.15) is 23.9 Å². The van der Waals surface area contributed by atoms with Crippen molar-refractivity contribution in [3.63, 3.8) is 0 Å². The fourth-order valence-corrected chi connectivity index (χ4v) is 3.17. The van der Waals surface area contributed by atoms with E-state index in [-0.39, 0.29) is 12.5 Å². The molecular formula is C24H24ClNO4. The van der Waals surface area contributed by atoms with E-state index >= 15 is 0 Å². The number of carbonyl (C=O) groups is 1. The van der Waals surface area contributed by atoms with Gasteiger partial charge in [-0.1, -0.05) is 17.7 Å². The average molecular weight is 426 g/mol. The molecule has 0 aliphatic rings. The maximum absolute atomic E-state index is 12.8.